The minimum Gasteiger partial charge on any atom is -0.462 e. The molecule has 2 rings (SSSR count). The van der Waals surface area contributed by atoms with E-state index in [2.05, 4.69) is 12.2 Å². The highest BCUT2D eigenvalue weighted by Gasteiger charge is 2.29. The van der Waals surface area contributed by atoms with E-state index in [0.29, 0.717) is 23.1 Å². The van der Waals surface area contributed by atoms with E-state index in [1.165, 1.54) is 4.88 Å². The molecule has 0 saturated carbocycles. The van der Waals surface area contributed by atoms with Crippen LogP contribution in [0.2, 0.25) is 0 Å². The van der Waals surface area contributed by atoms with Crippen molar-refractivity contribution in [3.63, 3.8) is 0 Å². The molecule has 4 nitrogen and oxygen atoms in total. The van der Waals surface area contributed by atoms with Gasteiger partial charge in [-0.1, -0.05) is 20.8 Å². The van der Waals surface area contributed by atoms with E-state index >= 15 is 0 Å². The molecule has 1 amide bonds. The molecule has 1 heterocycles. The van der Waals surface area contributed by atoms with Crippen molar-refractivity contribution >= 4 is 28.2 Å². The number of ether oxygens (including phenoxy) is 1. The van der Waals surface area contributed by atoms with Crippen LogP contribution in [0.1, 0.15) is 67.8 Å². The molecule has 0 spiro atoms. The Balaban J connectivity index is 2.34. The van der Waals surface area contributed by atoms with E-state index < -0.39 is 0 Å². The minimum atomic E-state index is -0.306. The van der Waals surface area contributed by atoms with Crippen molar-refractivity contribution in [2.24, 2.45) is 11.8 Å². The van der Waals surface area contributed by atoms with Gasteiger partial charge in [0, 0.05) is 10.8 Å². The average molecular weight is 337 g/mol. The quantitative estimate of drug-likeness (QED) is 0.782. The highest BCUT2D eigenvalue weighted by atomic mass is 32.1. The zero-order valence-corrected chi connectivity index (χ0v) is 15.3. The Bertz CT molecular complexity index is 575. The van der Waals surface area contributed by atoms with Crippen molar-refractivity contribution in [2.75, 3.05) is 11.9 Å². The van der Waals surface area contributed by atoms with Gasteiger partial charge in [-0.25, -0.2) is 4.79 Å². The number of carbonyl (C=O) groups excluding carboxylic acids is 2. The first-order valence-corrected chi connectivity index (χ1v) is 9.45. The normalized spacial score (nSPS) is 17.0. The number of nitrogens with one attached hydrogen (secondary N) is 1. The predicted octanol–water partition coefficient (Wildman–Crippen LogP) is 4.42. The van der Waals surface area contributed by atoms with Gasteiger partial charge in [0.15, 0.2) is 0 Å². The molecule has 0 fully saturated rings. The Morgan fingerprint density at radius 2 is 2.00 bits per heavy atom. The molecule has 1 atom stereocenters. The fourth-order valence-electron chi connectivity index (χ4n) is 3.13. The van der Waals surface area contributed by atoms with Crippen molar-refractivity contribution in [3.8, 4) is 0 Å². The van der Waals surface area contributed by atoms with Gasteiger partial charge in [-0.15, -0.1) is 11.3 Å². The van der Waals surface area contributed by atoms with Crippen LogP contribution in [0.3, 0.4) is 0 Å². The SMILES string of the molecule is CCOC(=O)c1c(NC(=O)C(CC)CC)sc2c1CC[C@@H](C)C2. The monoisotopic (exact) mass is 337 g/mol. The third kappa shape index (κ3) is 3.94. The van der Waals surface area contributed by atoms with Gasteiger partial charge in [-0.3, -0.25) is 4.79 Å². The molecular weight excluding hydrogens is 310 g/mol. The van der Waals surface area contributed by atoms with E-state index in [-0.39, 0.29) is 17.8 Å². The van der Waals surface area contributed by atoms with E-state index in [9.17, 15) is 9.59 Å². The van der Waals surface area contributed by atoms with Crippen LogP contribution >= 0.6 is 11.3 Å². The van der Waals surface area contributed by atoms with Crippen LogP contribution in [0.15, 0.2) is 0 Å². The molecule has 1 aromatic heterocycles. The zero-order valence-electron chi connectivity index (χ0n) is 14.5. The largest absolute Gasteiger partial charge is 0.462 e. The maximum atomic E-state index is 12.4. The summed E-state index contributed by atoms with van der Waals surface area (Å²) in [4.78, 5) is 26.1. The maximum Gasteiger partial charge on any atom is 0.341 e. The Kier molecular flexibility index (Phi) is 6.22. The molecule has 0 unspecified atom stereocenters. The van der Waals surface area contributed by atoms with Gasteiger partial charge in [0.25, 0.3) is 0 Å². The molecule has 0 bridgehead atoms. The highest BCUT2D eigenvalue weighted by molar-refractivity contribution is 7.17. The number of thiophene rings is 1. The van der Waals surface area contributed by atoms with Crippen LogP contribution < -0.4 is 5.32 Å². The second-order valence-electron chi connectivity index (χ2n) is 6.28. The molecule has 0 saturated heterocycles. The smallest absolute Gasteiger partial charge is 0.341 e. The van der Waals surface area contributed by atoms with Gasteiger partial charge in [0.2, 0.25) is 5.91 Å². The number of amides is 1. The fraction of sp³-hybridized carbons (Fsp3) is 0.667. The van der Waals surface area contributed by atoms with Gasteiger partial charge in [-0.2, -0.15) is 0 Å². The van der Waals surface area contributed by atoms with E-state index in [0.717, 1.165) is 37.7 Å². The van der Waals surface area contributed by atoms with Crippen molar-refractivity contribution in [1.29, 1.82) is 0 Å². The van der Waals surface area contributed by atoms with Crippen LogP contribution in [-0.4, -0.2) is 18.5 Å². The number of rotatable bonds is 6. The Hall–Kier alpha value is -1.36. The number of carbonyl (C=O) groups is 2. The molecule has 0 aromatic carbocycles. The molecule has 0 radical (unpaired) electrons. The first-order valence-electron chi connectivity index (χ1n) is 8.64. The summed E-state index contributed by atoms with van der Waals surface area (Å²) < 4.78 is 5.23. The summed E-state index contributed by atoms with van der Waals surface area (Å²) in [6, 6.07) is 0. The summed E-state index contributed by atoms with van der Waals surface area (Å²) in [5.74, 6) is 0.313. The zero-order chi connectivity index (χ0) is 17.0. The van der Waals surface area contributed by atoms with Gasteiger partial charge < -0.3 is 10.1 Å². The Labute approximate surface area is 142 Å². The summed E-state index contributed by atoms with van der Waals surface area (Å²) in [6.07, 6.45) is 4.56. The standard InChI is InChI=1S/C18H27NO3S/c1-5-12(6-2)16(20)19-17-15(18(21)22-7-3)13-9-8-11(4)10-14(13)23-17/h11-12H,5-10H2,1-4H3,(H,19,20)/t11-/m1/s1. The second-order valence-corrected chi connectivity index (χ2v) is 7.38. The predicted molar refractivity (Wildman–Crippen MR) is 94.2 cm³/mol. The minimum absolute atomic E-state index is 0.00666. The molecular formula is C18H27NO3S. The maximum absolute atomic E-state index is 12.4. The van der Waals surface area contributed by atoms with Gasteiger partial charge in [0.1, 0.15) is 5.00 Å². The average Bonchev–Trinajstić information content (AvgIpc) is 2.85. The van der Waals surface area contributed by atoms with Crippen molar-refractivity contribution in [3.05, 3.63) is 16.0 Å². The van der Waals surface area contributed by atoms with Gasteiger partial charge >= 0.3 is 5.97 Å². The lowest BCUT2D eigenvalue weighted by Gasteiger charge is -2.18. The molecule has 1 aliphatic rings. The van der Waals surface area contributed by atoms with E-state index in [4.69, 9.17) is 4.74 Å². The first kappa shape index (κ1) is 18.0. The number of anilines is 1. The molecule has 128 valence electrons. The van der Waals surface area contributed by atoms with Crippen LogP contribution in [0.25, 0.3) is 0 Å². The Morgan fingerprint density at radius 1 is 1.30 bits per heavy atom. The molecule has 0 aliphatic heterocycles. The van der Waals surface area contributed by atoms with Crippen molar-refractivity contribution < 1.29 is 14.3 Å². The fourth-order valence-corrected chi connectivity index (χ4v) is 4.53. The van der Waals surface area contributed by atoms with E-state index in [1.54, 1.807) is 18.3 Å². The third-order valence-corrected chi connectivity index (χ3v) is 5.75. The van der Waals surface area contributed by atoms with Crippen LogP contribution in [0, 0.1) is 11.8 Å². The highest BCUT2D eigenvalue weighted by Crippen LogP contribution is 2.40. The first-order chi connectivity index (χ1) is 11.0. The molecule has 1 aliphatic carbocycles. The lowest BCUT2D eigenvalue weighted by Crippen LogP contribution is -2.22. The molecule has 23 heavy (non-hydrogen) atoms. The second kappa shape index (κ2) is 7.95. The summed E-state index contributed by atoms with van der Waals surface area (Å²) in [5, 5.41) is 3.68. The van der Waals surface area contributed by atoms with Crippen LogP contribution in [0.5, 0.6) is 0 Å². The number of hydrogen-bond acceptors (Lipinski definition) is 4. The van der Waals surface area contributed by atoms with E-state index in [1.807, 2.05) is 13.8 Å². The topological polar surface area (TPSA) is 55.4 Å². The van der Waals surface area contributed by atoms with Crippen molar-refractivity contribution in [2.45, 2.75) is 59.8 Å². The molecule has 1 aromatic rings. The number of hydrogen-bond donors (Lipinski definition) is 1. The number of esters is 1. The number of fused-ring (bicyclic) bond motifs is 1. The van der Waals surface area contributed by atoms with Crippen LogP contribution in [-0.2, 0) is 22.4 Å². The Morgan fingerprint density at radius 3 is 2.61 bits per heavy atom. The molecule has 1 N–H and O–H groups in total. The summed E-state index contributed by atoms with van der Waals surface area (Å²) in [6.45, 7) is 8.42. The van der Waals surface area contributed by atoms with Gasteiger partial charge in [-0.05, 0) is 50.5 Å². The summed E-state index contributed by atoms with van der Waals surface area (Å²) in [7, 11) is 0. The summed E-state index contributed by atoms with van der Waals surface area (Å²) >= 11 is 1.55. The van der Waals surface area contributed by atoms with Gasteiger partial charge in [0.05, 0.1) is 12.2 Å². The van der Waals surface area contributed by atoms with Crippen molar-refractivity contribution in [1.82, 2.24) is 0 Å². The lowest BCUT2D eigenvalue weighted by molar-refractivity contribution is -0.120. The summed E-state index contributed by atoms with van der Waals surface area (Å²) in [5.41, 5.74) is 1.68. The third-order valence-electron chi connectivity index (χ3n) is 4.58. The molecule has 5 heteroatoms. The lowest BCUT2D eigenvalue weighted by atomic mass is 9.88. The van der Waals surface area contributed by atoms with Crippen LogP contribution in [0.4, 0.5) is 5.00 Å².